The molecule has 0 aliphatic carbocycles. The second kappa shape index (κ2) is 5.40. The number of alkyl halides is 1. The van der Waals surface area contributed by atoms with Crippen molar-refractivity contribution in [1.82, 2.24) is 14.8 Å². The molecule has 8 nitrogen and oxygen atoms in total. The first-order valence-corrected chi connectivity index (χ1v) is 6.14. The largest absolute Gasteiger partial charge is 0.391 e. The highest BCUT2D eigenvalue weighted by atomic mass is 19.1. The molecule has 0 radical (unpaired) electrons. The lowest BCUT2D eigenvalue weighted by Crippen LogP contribution is -2.46. The number of rotatable bonds is 2. The molecule has 0 spiro atoms. The van der Waals surface area contributed by atoms with E-state index in [1.807, 2.05) is 4.98 Å². The average Bonchev–Trinajstić information content (AvgIpc) is 2.64. The fourth-order valence-corrected chi connectivity index (χ4v) is 2.18. The molecule has 3 N–H and O–H groups in total. The first kappa shape index (κ1) is 15.4. The summed E-state index contributed by atoms with van der Waals surface area (Å²) in [5, 5.41) is 23.0. The van der Waals surface area contributed by atoms with Crippen molar-refractivity contribution >= 4 is 0 Å². The van der Waals surface area contributed by atoms with Gasteiger partial charge in [-0.3, -0.25) is 9.78 Å². The Hall–Kier alpha value is -2.02. The van der Waals surface area contributed by atoms with Crippen molar-refractivity contribution in [2.45, 2.75) is 44.1 Å². The number of ether oxygens (including phenoxy) is 1. The Morgan fingerprint density at radius 1 is 1.62 bits per heavy atom. The summed E-state index contributed by atoms with van der Waals surface area (Å²) in [7, 11) is 0. The maximum atomic E-state index is 15.0. The minimum absolute atomic E-state index is 0.539. The lowest BCUT2D eigenvalue weighted by atomic mass is 9.94. The van der Waals surface area contributed by atoms with Gasteiger partial charge in [-0.05, 0) is 13.8 Å². The third kappa shape index (κ3) is 2.49. The van der Waals surface area contributed by atoms with Crippen LogP contribution >= 0.6 is 0 Å². The second-order valence-corrected chi connectivity index (χ2v) is 4.67. The number of H-pyrrole nitrogens is 1. The van der Waals surface area contributed by atoms with Crippen LogP contribution in [-0.2, 0) is 4.74 Å². The van der Waals surface area contributed by atoms with E-state index < -0.39 is 41.5 Å². The molecule has 1 saturated heterocycles. The number of aliphatic hydroxyl groups is 2. The third-order valence-electron chi connectivity index (χ3n) is 3.14. The first-order chi connectivity index (χ1) is 9.81. The molecule has 1 aromatic heterocycles. The van der Waals surface area contributed by atoms with Gasteiger partial charge in [0.1, 0.15) is 18.4 Å². The van der Waals surface area contributed by atoms with Crippen LogP contribution in [0.15, 0.2) is 15.8 Å². The summed E-state index contributed by atoms with van der Waals surface area (Å²) >= 11 is 0. The van der Waals surface area contributed by atoms with Gasteiger partial charge in [0.25, 0.3) is 5.56 Å². The molecule has 9 heteroatoms. The standard InChI is InChI=1S/C12H14FN3O5/c1-3-4-12(13)9(19)8(6(2)17)21-10(12)16-11(20)15-7(18)5-14-16/h5-6,8-10,17,19H,1-2H3,(H,15,18,20)/t6-,8-,9?,10-,12-/m1/s1. The summed E-state index contributed by atoms with van der Waals surface area (Å²) in [6.45, 7) is 2.66. The van der Waals surface area contributed by atoms with E-state index in [9.17, 15) is 24.2 Å². The van der Waals surface area contributed by atoms with Gasteiger partial charge < -0.3 is 14.9 Å². The quantitative estimate of drug-likeness (QED) is 0.560. The van der Waals surface area contributed by atoms with E-state index >= 15 is 0 Å². The Bertz CT molecular complexity index is 703. The predicted molar refractivity (Wildman–Crippen MR) is 68.0 cm³/mol. The van der Waals surface area contributed by atoms with E-state index in [2.05, 4.69) is 16.9 Å². The van der Waals surface area contributed by atoms with Crippen molar-refractivity contribution in [2.24, 2.45) is 0 Å². The van der Waals surface area contributed by atoms with Crippen molar-refractivity contribution in [3.63, 3.8) is 0 Å². The second-order valence-electron chi connectivity index (χ2n) is 4.67. The van der Waals surface area contributed by atoms with Gasteiger partial charge in [0, 0.05) is 0 Å². The van der Waals surface area contributed by atoms with Crippen molar-refractivity contribution in [3.05, 3.63) is 27.0 Å². The highest BCUT2D eigenvalue weighted by Gasteiger charge is 2.59. The van der Waals surface area contributed by atoms with Crippen LogP contribution in [0.3, 0.4) is 0 Å². The van der Waals surface area contributed by atoms with Crippen molar-refractivity contribution in [1.29, 1.82) is 0 Å². The normalized spacial score (nSPS) is 33.3. The fraction of sp³-hybridized carbons (Fsp3) is 0.583. The Labute approximate surface area is 118 Å². The van der Waals surface area contributed by atoms with E-state index in [0.29, 0.717) is 4.68 Å². The van der Waals surface area contributed by atoms with Crippen molar-refractivity contribution in [3.8, 4) is 11.8 Å². The summed E-state index contributed by atoms with van der Waals surface area (Å²) in [6.07, 6.45) is -5.19. The SMILES string of the molecule is CC#C[C@@]1(F)C(O)[C@@H]([C@@H](C)O)O[C@H]1n1ncc(=O)[nH]c1=O. The van der Waals surface area contributed by atoms with E-state index in [4.69, 9.17) is 4.74 Å². The maximum absolute atomic E-state index is 15.0. The van der Waals surface area contributed by atoms with Gasteiger partial charge in [-0.15, -0.1) is 5.92 Å². The summed E-state index contributed by atoms with van der Waals surface area (Å²) in [5.41, 5.74) is -4.41. The summed E-state index contributed by atoms with van der Waals surface area (Å²) in [4.78, 5) is 24.6. The Kier molecular flexibility index (Phi) is 3.95. The molecule has 1 aliphatic heterocycles. The van der Waals surface area contributed by atoms with Crippen LogP contribution in [0.4, 0.5) is 4.39 Å². The Morgan fingerprint density at radius 3 is 2.81 bits per heavy atom. The Morgan fingerprint density at radius 2 is 2.29 bits per heavy atom. The van der Waals surface area contributed by atoms with E-state index in [1.54, 1.807) is 0 Å². The van der Waals surface area contributed by atoms with Crippen LogP contribution in [0, 0.1) is 11.8 Å². The van der Waals surface area contributed by atoms with Gasteiger partial charge in [0.2, 0.25) is 11.9 Å². The van der Waals surface area contributed by atoms with Gasteiger partial charge in [0.05, 0.1) is 6.10 Å². The highest BCUT2D eigenvalue weighted by molar-refractivity contribution is 5.22. The molecule has 0 amide bonds. The minimum atomic E-state index is -2.65. The molecule has 1 unspecified atom stereocenters. The number of hydrogen-bond acceptors (Lipinski definition) is 6. The van der Waals surface area contributed by atoms with Gasteiger partial charge in [-0.25, -0.2) is 9.18 Å². The zero-order chi connectivity index (χ0) is 15.8. The number of aliphatic hydroxyl groups excluding tert-OH is 2. The highest BCUT2D eigenvalue weighted by Crippen LogP contribution is 2.41. The first-order valence-electron chi connectivity index (χ1n) is 6.14. The van der Waals surface area contributed by atoms with Crippen LogP contribution in [0.2, 0.25) is 0 Å². The van der Waals surface area contributed by atoms with Crippen LogP contribution in [0.25, 0.3) is 0 Å². The predicted octanol–water partition coefficient (Wildman–Crippen LogP) is -1.70. The molecule has 2 heterocycles. The molecule has 114 valence electrons. The summed E-state index contributed by atoms with van der Waals surface area (Å²) in [6, 6.07) is 0. The number of nitrogens with zero attached hydrogens (tertiary/aromatic N) is 2. The van der Waals surface area contributed by atoms with Crippen molar-refractivity contribution in [2.75, 3.05) is 0 Å². The van der Waals surface area contributed by atoms with Gasteiger partial charge >= 0.3 is 5.69 Å². The number of halogens is 1. The summed E-state index contributed by atoms with van der Waals surface area (Å²) in [5.74, 6) is 4.46. The lowest BCUT2D eigenvalue weighted by Gasteiger charge is -2.23. The van der Waals surface area contributed by atoms with Crippen LogP contribution < -0.4 is 11.2 Å². The van der Waals surface area contributed by atoms with Gasteiger partial charge in [0.15, 0.2) is 0 Å². The Balaban J connectivity index is 2.56. The van der Waals surface area contributed by atoms with Crippen LogP contribution in [0.5, 0.6) is 0 Å². The average molecular weight is 299 g/mol. The number of aromatic amines is 1. The number of nitrogens with one attached hydrogen (secondary N) is 1. The monoisotopic (exact) mass is 299 g/mol. The van der Waals surface area contributed by atoms with E-state index in [1.165, 1.54) is 13.8 Å². The zero-order valence-electron chi connectivity index (χ0n) is 11.3. The molecule has 0 saturated carbocycles. The molecule has 21 heavy (non-hydrogen) atoms. The van der Waals surface area contributed by atoms with E-state index in [0.717, 1.165) is 6.20 Å². The zero-order valence-corrected chi connectivity index (χ0v) is 11.3. The molecule has 1 aromatic rings. The smallest absolute Gasteiger partial charge is 0.347 e. The molecule has 1 aliphatic rings. The minimum Gasteiger partial charge on any atom is -0.391 e. The third-order valence-corrected chi connectivity index (χ3v) is 3.14. The molecule has 1 fully saturated rings. The summed E-state index contributed by atoms with van der Waals surface area (Å²) < 4.78 is 20.7. The fourth-order valence-electron chi connectivity index (χ4n) is 2.18. The molecular weight excluding hydrogens is 285 g/mol. The topological polar surface area (TPSA) is 117 Å². The van der Waals surface area contributed by atoms with E-state index in [-0.39, 0.29) is 0 Å². The van der Waals surface area contributed by atoms with Crippen molar-refractivity contribution < 1.29 is 19.3 Å². The van der Waals surface area contributed by atoms with Gasteiger partial charge in [-0.2, -0.15) is 9.78 Å². The number of hydrogen-bond donors (Lipinski definition) is 3. The van der Waals surface area contributed by atoms with Gasteiger partial charge in [-0.1, -0.05) is 5.92 Å². The molecule has 0 bridgehead atoms. The maximum Gasteiger partial charge on any atom is 0.347 e. The molecule has 5 atom stereocenters. The molecular formula is C12H14FN3O5. The van der Waals surface area contributed by atoms with Crippen LogP contribution in [-0.4, -0.2) is 49.0 Å². The molecule has 0 aromatic carbocycles. The molecule has 2 rings (SSSR count). The lowest BCUT2D eigenvalue weighted by molar-refractivity contribution is -0.0850. The number of aromatic nitrogens is 3. The van der Waals surface area contributed by atoms with Crippen LogP contribution in [0.1, 0.15) is 20.1 Å².